The van der Waals surface area contributed by atoms with E-state index in [2.05, 4.69) is 17.6 Å². The minimum Gasteiger partial charge on any atom is -0.462 e. The average Bonchev–Trinajstić information content (AvgIpc) is 3.24. The van der Waals surface area contributed by atoms with Gasteiger partial charge in [-0.2, -0.15) is 0 Å². The molecule has 0 radical (unpaired) electrons. The lowest BCUT2D eigenvalue weighted by atomic mass is 9.88. The summed E-state index contributed by atoms with van der Waals surface area (Å²) < 4.78 is 5.34. The highest BCUT2D eigenvalue weighted by Gasteiger charge is 2.30. The van der Waals surface area contributed by atoms with Gasteiger partial charge in [-0.3, -0.25) is 9.59 Å². The second-order valence-corrected chi connectivity index (χ2v) is 12.1. The van der Waals surface area contributed by atoms with E-state index in [4.69, 9.17) is 16.3 Å². The van der Waals surface area contributed by atoms with Crippen molar-refractivity contribution in [1.82, 2.24) is 0 Å². The van der Waals surface area contributed by atoms with Crippen LogP contribution in [-0.4, -0.2) is 29.6 Å². The highest BCUT2D eigenvalue weighted by molar-refractivity contribution is 8.00. The number of halogens is 1. The first-order valence-electron chi connectivity index (χ1n) is 12.7. The van der Waals surface area contributed by atoms with Gasteiger partial charge in [-0.25, -0.2) is 4.79 Å². The Bertz CT molecular complexity index is 1340. The number of amides is 2. The third-order valence-electron chi connectivity index (χ3n) is 6.35. The van der Waals surface area contributed by atoms with Crippen molar-refractivity contribution in [3.63, 3.8) is 0 Å². The number of esters is 1. The largest absolute Gasteiger partial charge is 0.462 e. The van der Waals surface area contributed by atoms with Gasteiger partial charge in [0.15, 0.2) is 0 Å². The molecule has 2 atom stereocenters. The molecule has 2 N–H and O–H groups in total. The minimum absolute atomic E-state index is 0.164. The Morgan fingerprint density at radius 1 is 1.13 bits per heavy atom. The molecule has 1 aromatic heterocycles. The lowest BCUT2D eigenvalue weighted by molar-refractivity contribution is -0.115. The van der Waals surface area contributed by atoms with E-state index >= 15 is 0 Å². The SMILES string of the molecule is CCOC(=O)c1c(NC(=O)C(CC)Sc2cccc(NC(=O)c3cccc(Cl)c3)c2)sc2c1CCC(C)C2. The van der Waals surface area contributed by atoms with Gasteiger partial charge in [-0.15, -0.1) is 23.1 Å². The fraction of sp³-hybridized carbons (Fsp3) is 0.345. The van der Waals surface area contributed by atoms with E-state index < -0.39 is 0 Å². The molecule has 1 heterocycles. The van der Waals surface area contributed by atoms with Crippen molar-refractivity contribution in [2.45, 2.75) is 56.6 Å². The van der Waals surface area contributed by atoms with Crippen LogP contribution in [0.15, 0.2) is 53.4 Å². The lowest BCUT2D eigenvalue weighted by Gasteiger charge is -2.18. The molecule has 0 saturated heterocycles. The topological polar surface area (TPSA) is 84.5 Å². The van der Waals surface area contributed by atoms with Crippen LogP contribution in [0.2, 0.25) is 5.02 Å². The van der Waals surface area contributed by atoms with Crippen molar-refractivity contribution >= 4 is 63.2 Å². The summed E-state index contributed by atoms with van der Waals surface area (Å²) in [6, 6.07) is 14.2. The number of thioether (sulfide) groups is 1. The zero-order chi connectivity index (χ0) is 27.2. The fourth-order valence-electron chi connectivity index (χ4n) is 4.42. The highest BCUT2D eigenvalue weighted by Crippen LogP contribution is 2.40. The molecule has 2 unspecified atom stereocenters. The Balaban J connectivity index is 1.48. The second-order valence-electron chi connectivity index (χ2n) is 9.27. The predicted molar refractivity (Wildman–Crippen MR) is 156 cm³/mol. The number of hydrogen-bond acceptors (Lipinski definition) is 6. The first-order chi connectivity index (χ1) is 18.3. The molecule has 0 saturated carbocycles. The van der Waals surface area contributed by atoms with E-state index in [1.54, 1.807) is 37.3 Å². The van der Waals surface area contributed by atoms with Crippen molar-refractivity contribution in [1.29, 1.82) is 0 Å². The van der Waals surface area contributed by atoms with Crippen LogP contribution in [0, 0.1) is 5.92 Å². The molecule has 0 spiro atoms. The van der Waals surface area contributed by atoms with Crippen molar-refractivity contribution in [2.75, 3.05) is 17.2 Å². The maximum absolute atomic E-state index is 13.4. The van der Waals surface area contributed by atoms with Crippen LogP contribution in [-0.2, 0) is 22.4 Å². The molecule has 200 valence electrons. The van der Waals surface area contributed by atoms with Gasteiger partial charge in [-0.05, 0) is 80.5 Å². The standard InChI is InChI=1S/C29H31ClN2O4S2/c1-4-23(37-21-11-7-10-20(16-21)31-26(33)18-8-6-9-19(30)15-18)27(34)32-28-25(29(35)36-5-2)22-13-12-17(3)14-24(22)38-28/h6-11,15-17,23H,4-5,12-14H2,1-3H3,(H,31,33)(H,32,34). The zero-order valence-electron chi connectivity index (χ0n) is 21.6. The van der Waals surface area contributed by atoms with Crippen molar-refractivity contribution in [2.24, 2.45) is 5.92 Å². The monoisotopic (exact) mass is 570 g/mol. The third kappa shape index (κ3) is 6.79. The van der Waals surface area contributed by atoms with Crippen molar-refractivity contribution < 1.29 is 19.1 Å². The van der Waals surface area contributed by atoms with Crippen molar-refractivity contribution in [3.05, 3.63) is 75.1 Å². The van der Waals surface area contributed by atoms with Gasteiger partial charge in [0.05, 0.1) is 17.4 Å². The van der Waals surface area contributed by atoms with Gasteiger partial charge >= 0.3 is 5.97 Å². The van der Waals surface area contributed by atoms with Crippen LogP contribution >= 0.6 is 34.7 Å². The lowest BCUT2D eigenvalue weighted by Crippen LogP contribution is -2.25. The molecule has 38 heavy (non-hydrogen) atoms. The van der Waals surface area contributed by atoms with Gasteiger partial charge in [-0.1, -0.05) is 37.6 Å². The number of carbonyl (C=O) groups is 3. The first kappa shape index (κ1) is 28.2. The van der Waals surface area contributed by atoms with Gasteiger partial charge in [0.1, 0.15) is 5.00 Å². The number of ether oxygens (including phenoxy) is 1. The van der Waals surface area contributed by atoms with Crippen LogP contribution in [0.4, 0.5) is 10.7 Å². The summed E-state index contributed by atoms with van der Waals surface area (Å²) in [5, 5.41) is 6.61. The Morgan fingerprint density at radius 2 is 1.92 bits per heavy atom. The summed E-state index contributed by atoms with van der Waals surface area (Å²) in [5.74, 6) is -0.256. The molecule has 0 aliphatic heterocycles. The molecule has 6 nitrogen and oxygen atoms in total. The highest BCUT2D eigenvalue weighted by atomic mass is 35.5. The average molecular weight is 571 g/mol. The molecule has 1 aliphatic rings. The predicted octanol–water partition coefficient (Wildman–Crippen LogP) is 7.46. The molecule has 0 fully saturated rings. The van der Waals surface area contributed by atoms with Crippen LogP contribution < -0.4 is 10.6 Å². The third-order valence-corrected chi connectivity index (χ3v) is 9.11. The second kappa shape index (κ2) is 12.8. The van der Waals surface area contributed by atoms with Crippen LogP contribution in [0.1, 0.15) is 64.8 Å². The number of carbonyl (C=O) groups excluding carboxylic acids is 3. The molecular weight excluding hydrogens is 540 g/mol. The van der Waals surface area contributed by atoms with E-state index in [1.165, 1.54) is 23.1 Å². The van der Waals surface area contributed by atoms with Crippen LogP contribution in [0.3, 0.4) is 0 Å². The number of nitrogens with one attached hydrogen (secondary N) is 2. The molecule has 4 rings (SSSR count). The Kier molecular flexibility index (Phi) is 9.52. The number of anilines is 2. The van der Waals surface area contributed by atoms with E-state index in [9.17, 15) is 14.4 Å². The number of benzene rings is 2. The maximum atomic E-state index is 13.4. The van der Waals surface area contributed by atoms with Gasteiger partial charge in [0.2, 0.25) is 5.91 Å². The molecule has 0 bridgehead atoms. The number of rotatable bonds is 9. The van der Waals surface area contributed by atoms with E-state index in [0.29, 0.717) is 39.2 Å². The Morgan fingerprint density at radius 3 is 2.66 bits per heavy atom. The molecule has 2 aromatic carbocycles. The minimum atomic E-state index is -0.387. The molecule has 3 aromatic rings. The van der Waals surface area contributed by atoms with E-state index in [1.807, 2.05) is 25.1 Å². The number of thiophene rings is 1. The summed E-state index contributed by atoms with van der Waals surface area (Å²) in [6.45, 7) is 6.23. The summed E-state index contributed by atoms with van der Waals surface area (Å²) in [7, 11) is 0. The molecule has 9 heteroatoms. The Labute approximate surface area is 236 Å². The zero-order valence-corrected chi connectivity index (χ0v) is 24.0. The molecule has 1 aliphatic carbocycles. The summed E-state index contributed by atoms with van der Waals surface area (Å²) >= 11 is 8.92. The number of hydrogen-bond donors (Lipinski definition) is 2. The van der Waals surface area contributed by atoms with E-state index in [0.717, 1.165) is 34.6 Å². The summed E-state index contributed by atoms with van der Waals surface area (Å²) in [6.07, 6.45) is 3.33. The normalized spacial score (nSPS) is 15.3. The van der Waals surface area contributed by atoms with Crippen LogP contribution in [0.5, 0.6) is 0 Å². The molecular formula is C29H31ClN2O4S2. The van der Waals surface area contributed by atoms with Crippen LogP contribution in [0.25, 0.3) is 0 Å². The van der Waals surface area contributed by atoms with Gasteiger partial charge in [0, 0.05) is 26.0 Å². The van der Waals surface area contributed by atoms with Gasteiger partial charge in [0.25, 0.3) is 5.91 Å². The quantitative estimate of drug-likeness (QED) is 0.206. The maximum Gasteiger partial charge on any atom is 0.341 e. The molecule has 2 amide bonds. The Hall–Kier alpha value is -2.81. The van der Waals surface area contributed by atoms with Gasteiger partial charge < -0.3 is 15.4 Å². The fourth-order valence-corrected chi connectivity index (χ4v) is 7.02. The number of fused-ring (bicyclic) bond motifs is 1. The summed E-state index contributed by atoms with van der Waals surface area (Å²) in [5.41, 5.74) is 2.62. The summed E-state index contributed by atoms with van der Waals surface area (Å²) in [4.78, 5) is 40.8. The first-order valence-corrected chi connectivity index (χ1v) is 14.8. The smallest absolute Gasteiger partial charge is 0.341 e. The van der Waals surface area contributed by atoms with E-state index in [-0.39, 0.29) is 29.6 Å². The van der Waals surface area contributed by atoms with Crippen molar-refractivity contribution in [3.8, 4) is 0 Å².